The van der Waals surface area contributed by atoms with Gasteiger partial charge in [0.2, 0.25) is 5.91 Å². The van der Waals surface area contributed by atoms with Crippen LogP contribution in [0.3, 0.4) is 0 Å². The Hall–Kier alpha value is -2.52. The highest BCUT2D eigenvalue weighted by Crippen LogP contribution is 2.39. The van der Waals surface area contributed by atoms with Crippen molar-refractivity contribution in [3.8, 4) is 0 Å². The number of carbonyl (C=O) groups is 2. The minimum absolute atomic E-state index is 0.164. The summed E-state index contributed by atoms with van der Waals surface area (Å²) < 4.78 is 6.44. The Balaban J connectivity index is 1.58. The average molecular weight is 403 g/mol. The fraction of sp³-hybridized carbons (Fsp3) is 0.333. The molecular weight excluding hydrogens is 386 g/mol. The first-order valence-electron chi connectivity index (χ1n) is 8.62. The van der Waals surface area contributed by atoms with E-state index in [1.807, 2.05) is 0 Å². The zero-order valence-electron chi connectivity index (χ0n) is 14.6. The van der Waals surface area contributed by atoms with Gasteiger partial charge >= 0.3 is 5.97 Å². The van der Waals surface area contributed by atoms with Crippen LogP contribution in [0.2, 0.25) is 0 Å². The first kappa shape index (κ1) is 17.9. The number of nitrogens with one attached hydrogen (secondary N) is 1. The number of hydrogen-bond acceptors (Lipinski definition) is 7. The van der Waals surface area contributed by atoms with Gasteiger partial charge in [-0.25, -0.2) is 9.78 Å². The van der Waals surface area contributed by atoms with Gasteiger partial charge in [-0.1, -0.05) is 0 Å². The summed E-state index contributed by atoms with van der Waals surface area (Å²) in [5.74, 6) is -0.787. The largest absolute Gasteiger partial charge is 0.462 e. The zero-order valence-corrected chi connectivity index (χ0v) is 16.2. The quantitative estimate of drug-likeness (QED) is 0.662. The standard InChI is InChI=1S/C18H17N3O4S2/c1-2-25-18(24)14-10-4-3-5-12(10)27-16(14)20-13(22)8-21-9-19-15-11(17(21)23)6-7-26-15/h6-7,9H,2-5,8H2,1H3,(H,20,22). The van der Waals surface area contributed by atoms with Gasteiger partial charge in [0.05, 0.1) is 23.9 Å². The number of rotatable bonds is 5. The maximum absolute atomic E-state index is 12.5. The summed E-state index contributed by atoms with van der Waals surface area (Å²) in [5, 5.41) is 5.58. The van der Waals surface area contributed by atoms with E-state index in [1.54, 1.807) is 18.4 Å². The van der Waals surface area contributed by atoms with E-state index in [4.69, 9.17) is 4.74 Å². The van der Waals surface area contributed by atoms with Crippen LogP contribution in [0.15, 0.2) is 22.6 Å². The van der Waals surface area contributed by atoms with Crippen molar-refractivity contribution in [2.45, 2.75) is 32.7 Å². The van der Waals surface area contributed by atoms with Crippen molar-refractivity contribution in [2.24, 2.45) is 0 Å². The Morgan fingerprint density at radius 1 is 1.37 bits per heavy atom. The van der Waals surface area contributed by atoms with Gasteiger partial charge in [-0.2, -0.15) is 0 Å². The molecule has 0 bridgehead atoms. The van der Waals surface area contributed by atoms with Crippen LogP contribution in [0.25, 0.3) is 10.2 Å². The number of fused-ring (bicyclic) bond motifs is 2. The Morgan fingerprint density at radius 2 is 2.22 bits per heavy atom. The van der Waals surface area contributed by atoms with Crippen molar-refractivity contribution < 1.29 is 14.3 Å². The van der Waals surface area contributed by atoms with Crippen LogP contribution in [0.5, 0.6) is 0 Å². The maximum Gasteiger partial charge on any atom is 0.341 e. The van der Waals surface area contributed by atoms with Crippen molar-refractivity contribution >= 4 is 49.8 Å². The molecule has 0 saturated heterocycles. The highest BCUT2D eigenvalue weighted by molar-refractivity contribution is 7.17. The molecule has 7 nitrogen and oxygen atoms in total. The molecule has 27 heavy (non-hydrogen) atoms. The van der Waals surface area contributed by atoms with Crippen molar-refractivity contribution in [1.82, 2.24) is 9.55 Å². The Labute approximate surface area is 162 Å². The summed E-state index contributed by atoms with van der Waals surface area (Å²) in [7, 11) is 0. The third-order valence-corrected chi connectivity index (χ3v) is 6.45. The molecule has 1 aliphatic carbocycles. The van der Waals surface area contributed by atoms with E-state index < -0.39 is 5.97 Å². The molecule has 0 spiro atoms. The smallest absolute Gasteiger partial charge is 0.341 e. The number of thiophene rings is 2. The second kappa shape index (κ2) is 7.24. The Bertz CT molecular complexity index is 1100. The third-order valence-electron chi connectivity index (χ3n) is 4.42. The van der Waals surface area contributed by atoms with Gasteiger partial charge in [0.1, 0.15) is 16.4 Å². The van der Waals surface area contributed by atoms with Gasteiger partial charge in [-0.3, -0.25) is 14.2 Å². The molecule has 0 radical (unpaired) electrons. The first-order chi connectivity index (χ1) is 13.1. The molecule has 3 heterocycles. The monoisotopic (exact) mass is 403 g/mol. The van der Waals surface area contributed by atoms with Gasteiger partial charge in [0, 0.05) is 4.88 Å². The summed E-state index contributed by atoms with van der Waals surface area (Å²) in [6.07, 6.45) is 4.10. The predicted molar refractivity (Wildman–Crippen MR) is 105 cm³/mol. The first-order valence-corrected chi connectivity index (χ1v) is 10.3. The zero-order chi connectivity index (χ0) is 19.0. The second-order valence-corrected chi connectivity index (χ2v) is 8.15. The SMILES string of the molecule is CCOC(=O)c1c(NC(=O)Cn2cnc3sccc3c2=O)sc2c1CCC2. The molecule has 0 aliphatic heterocycles. The molecule has 0 aromatic carbocycles. The predicted octanol–water partition coefficient (Wildman–Crippen LogP) is 2.82. The summed E-state index contributed by atoms with van der Waals surface area (Å²) in [6.45, 7) is 1.86. The van der Waals surface area contributed by atoms with Crippen LogP contribution >= 0.6 is 22.7 Å². The highest BCUT2D eigenvalue weighted by Gasteiger charge is 2.28. The van der Waals surface area contributed by atoms with E-state index in [2.05, 4.69) is 10.3 Å². The molecule has 9 heteroatoms. The minimum Gasteiger partial charge on any atom is -0.462 e. The van der Waals surface area contributed by atoms with Crippen LogP contribution < -0.4 is 10.9 Å². The number of hydrogen-bond donors (Lipinski definition) is 1. The molecule has 0 saturated carbocycles. The van der Waals surface area contributed by atoms with E-state index in [0.717, 1.165) is 29.7 Å². The summed E-state index contributed by atoms with van der Waals surface area (Å²) in [4.78, 5) is 43.3. The van der Waals surface area contributed by atoms with E-state index in [-0.39, 0.29) is 24.6 Å². The molecule has 3 aromatic rings. The summed E-state index contributed by atoms with van der Waals surface area (Å²) >= 11 is 2.80. The molecule has 1 N–H and O–H groups in total. The van der Waals surface area contributed by atoms with E-state index >= 15 is 0 Å². The number of carbonyl (C=O) groups excluding carboxylic acids is 2. The topological polar surface area (TPSA) is 90.3 Å². The highest BCUT2D eigenvalue weighted by atomic mass is 32.1. The lowest BCUT2D eigenvalue weighted by atomic mass is 10.1. The summed E-state index contributed by atoms with van der Waals surface area (Å²) in [5.41, 5.74) is 1.18. The number of anilines is 1. The maximum atomic E-state index is 12.5. The number of aromatic nitrogens is 2. The molecule has 4 rings (SSSR count). The van der Waals surface area contributed by atoms with Gasteiger partial charge < -0.3 is 10.1 Å². The third kappa shape index (κ3) is 3.28. The van der Waals surface area contributed by atoms with Crippen LogP contribution in [-0.4, -0.2) is 28.0 Å². The lowest BCUT2D eigenvalue weighted by molar-refractivity contribution is -0.116. The number of aryl methyl sites for hydroxylation is 1. The number of ether oxygens (including phenoxy) is 1. The summed E-state index contributed by atoms with van der Waals surface area (Å²) in [6, 6.07) is 1.70. The van der Waals surface area contributed by atoms with E-state index in [9.17, 15) is 14.4 Å². The molecule has 0 unspecified atom stereocenters. The van der Waals surface area contributed by atoms with Crippen molar-refractivity contribution in [3.05, 3.63) is 44.1 Å². The lowest BCUT2D eigenvalue weighted by Crippen LogP contribution is -2.27. The van der Waals surface area contributed by atoms with Gasteiger partial charge in [0.25, 0.3) is 5.56 Å². The van der Waals surface area contributed by atoms with E-state index in [1.165, 1.54) is 33.6 Å². The number of esters is 1. The molecular formula is C18H17N3O4S2. The molecule has 0 fully saturated rings. The second-order valence-electron chi connectivity index (χ2n) is 6.15. The molecule has 1 aliphatic rings. The van der Waals surface area contributed by atoms with Crippen molar-refractivity contribution in [3.63, 3.8) is 0 Å². The van der Waals surface area contributed by atoms with Crippen LogP contribution in [0.1, 0.15) is 34.1 Å². The molecule has 1 amide bonds. The van der Waals surface area contributed by atoms with Gasteiger partial charge in [-0.15, -0.1) is 22.7 Å². The van der Waals surface area contributed by atoms with Gasteiger partial charge in [0.15, 0.2) is 0 Å². The lowest BCUT2D eigenvalue weighted by Gasteiger charge is -2.09. The van der Waals surface area contributed by atoms with Crippen molar-refractivity contribution in [2.75, 3.05) is 11.9 Å². The minimum atomic E-state index is -0.411. The molecule has 140 valence electrons. The number of nitrogens with zero attached hydrogens (tertiary/aromatic N) is 2. The average Bonchev–Trinajstić information content (AvgIpc) is 3.33. The fourth-order valence-electron chi connectivity index (χ4n) is 3.24. The van der Waals surface area contributed by atoms with Crippen LogP contribution in [0.4, 0.5) is 5.00 Å². The van der Waals surface area contributed by atoms with Crippen LogP contribution in [-0.2, 0) is 28.9 Å². The van der Waals surface area contributed by atoms with Gasteiger partial charge in [-0.05, 0) is 43.2 Å². The normalized spacial score (nSPS) is 12.9. The molecule has 0 atom stereocenters. The molecule has 3 aromatic heterocycles. The number of amides is 1. The Morgan fingerprint density at radius 3 is 3.04 bits per heavy atom. The van der Waals surface area contributed by atoms with E-state index in [0.29, 0.717) is 20.8 Å². The fourth-order valence-corrected chi connectivity index (χ4v) is 5.26. The van der Waals surface area contributed by atoms with Crippen LogP contribution in [0, 0.1) is 0 Å². The van der Waals surface area contributed by atoms with Crippen molar-refractivity contribution in [1.29, 1.82) is 0 Å². The Kier molecular flexibility index (Phi) is 4.79.